The number of amides is 1. The lowest BCUT2D eigenvalue weighted by molar-refractivity contribution is -0.136. The van der Waals surface area contributed by atoms with Crippen LogP contribution in [0.5, 0.6) is 0 Å². The molecule has 2 rings (SSSR count). The molecule has 2 aliphatic heterocycles. The van der Waals surface area contributed by atoms with Crippen molar-refractivity contribution in [2.24, 2.45) is 5.92 Å². The summed E-state index contributed by atoms with van der Waals surface area (Å²) in [6.45, 7) is 5.16. The van der Waals surface area contributed by atoms with Crippen molar-refractivity contribution in [1.29, 1.82) is 0 Å². The molecule has 16 heavy (non-hydrogen) atoms. The second-order valence-electron chi connectivity index (χ2n) is 4.74. The normalized spacial score (nSPS) is 27.5. The molecule has 1 N–H and O–H groups in total. The van der Waals surface area contributed by atoms with Crippen molar-refractivity contribution in [3.8, 4) is 0 Å². The third-order valence-corrected chi connectivity index (χ3v) is 3.52. The predicted octanol–water partition coefficient (Wildman–Crippen LogP) is 0.625. The molecular weight excluding hydrogens is 204 g/mol. The molecule has 92 valence electrons. The number of rotatable bonds is 2. The zero-order valence-corrected chi connectivity index (χ0v) is 9.91. The Balaban J connectivity index is 1.76. The molecule has 0 aromatic heterocycles. The first-order valence-corrected chi connectivity index (χ1v) is 6.42. The van der Waals surface area contributed by atoms with E-state index >= 15 is 0 Å². The zero-order chi connectivity index (χ0) is 11.2. The zero-order valence-electron chi connectivity index (χ0n) is 9.91. The lowest BCUT2D eigenvalue weighted by atomic mass is 9.96. The van der Waals surface area contributed by atoms with Crippen molar-refractivity contribution < 1.29 is 9.53 Å². The monoisotopic (exact) mass is 226 g/mol. The van der Waals surface area contributed by atoms with Gasteiger partial charge in [0.25, 0.3) is 0 Å². The third-order valence-electron chi connectivity index (χ3n) is 3.52. The van der Waals surface area contributed by atoms with Crippen molar-refractivity contribution >= 4 is 5.91 Å². The Morgan fingerprint density at radius 2 is 2.06 bits per heavy atom. The van der Waals surface area contributed by atoms with Gasteiger partial charge < -0.3 is 15.0 Å². The van der Waals surface area contributed by atoms with E-state index in [9.17, 15) is 4.79 Å². The quantitative estimate of drug-likeness (QED) is 0.750. The van der Waals surface area contributed by atoms with E-state index in [-0.39, 0.29) is 0 Å². The molecule has 2 fully saturated rings. The van der Waals surface area contributed by atoms with E-state index in [2.05, 4.69) is 5.32 Å². The lowest BCUT2D eigenvalue weighted by Crippen LogP contribution is -2.41. The average molecular weight is 226 g/mol. The van der Waals surface area contributed by atoms with Gasteiger partial charge in [-0.1, -0.05) is 0 Å². The van der Waals surface area contributed by atoms with E-state index in [4.69, 9.17) is 4.74 Å². The Kier molecular flexibility index (Phi) is 4.60. The molecule has 4 nitrogen and oxygen atoms in total. The van der Waals surface area contributed by atoms with Gasteiger partial charge in [-0.25, -0.2) is 0 Å². The number of carbonyl (C=O) groups is 1. The van der Waals surface area contributed by atoms with Gasteiger partial charge in [0.15, 0.2) is 0 Å². The average Bonchev–Trinajstić information content (AvgIpc) is 2.59. The summed E-state index contributed by atoms with van der Waals surface area (Å²) >= 11 is 0. The highest BCUT2D eigenvalue weighted by Crippen LogP contribution is 2.18. The lowest BCUT2D eigenvalue weighted by Gasteiger charge is -2.28. The van der Waals surface area contributed by atoms with Gasteiger partial charge in [-0.15, -0.1) is 0 Å². The van der Waals surface area contributed by atoms with Gasteiger partial charge in [-0.05, 0) is 38.3 Å². The van der Waals surface area contributed by atoms with E-state index in [1.54, 1.807) is 0 Å². The number of nitrogens with zero attached hydrogens (tertiary/aromatic N) is 1. The molecule has 4 heteroatoms. The van der Waals surface area contributed by atoms with Crippen LogP contribution in [0.3, 0.4) is 0 Å². The van der Waals surface area contributed by atoms with Crippen LogP contribution in [-0.4, -0.2) is 50.2 Å². The first-order chi connectivity index (χ1) is 7.86. The molecule has 2 heterocycles. The molecule has 2 saturated heterocycles. The van der Waals surface area contributed by atoms with E-state index in [0.29, 0.717) is 25.0 Å². The Morgan fingerprint density at radius 3 is 2.88 bits per heavy atom. The highest BCUT2D eigenvalue weighted by Gasteiger charge is 2.21. The van der Waals surface area contributed by atoms with Crippen molar-refractivity contribution in [2.75, 3.05) is 39.4 Å². The molecule has 0 aromatic carbocycles. The molecular formula is C12H22N2O2. The van der Waals surface area contributed by atoms with E-state index in [0.717, 1.165) is 39.0 Å². The summed E-state index contributed by atoms with van der Waals surface area (Å²) in [4.78, 5) is 14.0. The largest absolute Gasteiger partial charge is 0.378 e. The molecule has 0 bridgehead atoms. The summed E-state index contributed by atoms with van der Waals surface area (Å²) in [7, 11) is 0. The Bertz CT molecular complexity index is 219. The minimum Gasteiger partial charge on any atom is -0.378 e. The Morgan fingerprint density at radius 1 is 1.25 bits per heavy atom. The fourth-order valence-electron chi connectivity index (χ4n) is 2.48. The summed E-state index contributed by atoms with van der Waals surface area (Å²) in [5.41, 5.74) is 0. The number of morpholine rings is 1. The fourth-order valence-corrected chi connectivity index (χ4v) is 2.48. The Hall–Kier alpha value is -0.610. The number of hydrogen-bond acceptors (Lipinski definition) is 3. The van der Waals surface area contributed by atoms with Gasteiger partial charge in [0.05, 0.1) is 13.2 Å². The van der Waals surface area contributed by atoms with Crippen LogP contribution in [0, 0.1) is 5.92 Å². The highest BCUT2D eigenvalue weighted by molar-refractivity contribution is 5.76. The number of carbonyl (C=O) groups excluding carboxylic acids is 1. The fraction of sp³-hybridized carbons (Fsp3) is 0.917. The summed E-state index contributed by atoms with van der Waals surface area (Å²) < 4.78 is 5.26. The van der Waals surface area contributed by atoms with Crippen LogP contribution in [0.1, 0.15) is 25.7 Å². The van der Waals surface area contributed by atoms with Crippen LogP contribution < -0.4 is 5.32 Å². The maximum absolute atomic E-state index is 12.0. The van der Waals surface area contributed by atoms with Gasteiger partial charge >= 0.3 is 0 Å². The van der Waals surface area contributed by atoms with Crippen molar-refractivity contribution in [3.63, 3.8) is 0 Å². The van der Waals surface area contributed by atoms with E-state index in [1.165, 1.54) is 12.8 Å². The molecule has 1 atom stereocenters. The molecule has 0 aromatic rings. The minimum atomic E-state index is 0.329. The van der Waals surface area contributed by atoms with Crippen molar-refractivity contribution in [1.82, 2.24) is 10.2 Å². The van der Waals surface area contributed by atoms with E-state index in [1.807, 2.05) is 4.90 Å². The molecule has 0 aliphatic carbocycles. The van der Waals surface area contributed by atoms with Gasteiger partial charge in [0, 0.05) is 19.5 Å². The topological polar surface area (TPSA) is 41.6 Å². The smallest absolute Gasteiger partial charge is 0.223 e. The molecule has 1 amide bonds. The summed E-state index contributed by atoms with van der Waals surface area (Å²) in [5.74, 6) is 0.917. The van der Waals surface area contributed by atoms with Crippen molar-refractivity contribution in [2.45, 2.75) is 25.7 Å². The van der Waals surface area contributed by atoms with Crippen LogP contribution in [0.2, 0.25) is 0 Å². The van der Waals surface area contributed by atoms with Gasteiger partial charge in [0.2, 0.25) is 5.91 Å². The van der Waals surface area contributed by atoms with Crippen LogP contribution in [0.25, 0.3) is 0 Å². The maximum atomic E-state index is 12.0. The summed E-state index contributed by atoms with van der Waals surface area (Å²) in [6, 6.07) is 0. The highest BCUT2D eigenvalue weighted by atomic mass is 16.5. The number of nitrogens with one attached hydrogen (secondary N) is 1. The standard InChI is InChI=1S/C12H22N2O2/c15-12(14-6-8-16-9-7-14)10-11-2-1-4-13-5-3-11/h11,13H,1-10H2. The van der Waals surface area contributed by atoms with Crippen LogP contribution in [-0.2, 0) is 9.53 Å². The summed E-state index contributed by atoms with van der Waals surface area (Å²) in [5, 5.41) is 3.39. The molecule has 1 unspecified atom stereocenters. The molecule has 0 saturated carbocycles. The first-order valence-electron chi connectivity index (χ1n) is 6.42. The SMILES string of the molecule is O=C(CC1CCCNCC1)N1CCOCC1. The Labute approximate surface area is 97.3 Å². The molecule has 0 radical (unpaired) electrons. The minimum absolute atomic E-state index is 0.329. The van der Waals surface area contributed by atoms with Crippen LogP contribution >= 0.6 is 0 Å². The molecule has 0 spiro atoms. The first kappa shape index (κ1) is 11.9. The van der Waals surface area contributed by atoms with E-state index < -0.39 is 0 Å². The van der Waals surface area contributed by atoms with Crippen molar-refractivity contribution in [3.05, 3.63) is 0 Å². The van der Waals surface area contributed by atoms with Gasteiger partial charge in [-0.3, -0.25) is 4.79 Å². The second-order valence-corrected chi connectivity index (χ2v) is 4.74. The summed E-state index contributed by atoms with van der Waals surface area (Å²) in [6.07, 6.45) is 4.29. The number of ether oxygens (including phenoxy) is 1. The van der Waals surface area contributed by atoms with Crippen LogP contribution in [0.4, 0.5) is 0 Å². The maximum Gasteiger partial charge on any atom is 0.223 e. The third kappa shape index (κ3) is 3.46. The van der Waals surface area contributed by atoms with Gasteiger partial charge in [-0.2, -0.15) is 0 Å². The van der Waals surface area contributed by atoms with Crippen LogP contribution in [0.15, 0.2) is 0 Å². The second kappa shape index (κ2) is 6.21. The van der Waals surface area contributed by atoms with Gasteiger partial charge in [0.1, 0.15) is 0 Å². The number of hydrogen-bond donors (Lipinski definition) is 1. The molecule has 2 aliphatic rings. The predicted molar refractivity (Wildman–Crippen MR) is 62.2 cm³/mol.